The summed E-state index contributed by atoms with van der Waals surface area (Å²) in [4.78, 5) is 4.16. The highest BCUT2D eigenvalue weighted by Gasteiger charge is 2.23. The number of pyridine rings is 1. The average molecular weight is 373 g/mol. The molecule has 6 heteroatoms. The van der Waals surface area contributed by atoms with E-state index in [2.05, 4.69) is 44.5 Å². The molecule has 28 heavy (non-hydrogen) atoms. The van der Waals surface area contributed by atoms with Crippen LogP contribution in [0.4, 0.5) is 0 Å². The molecular formula is C22H23N5O. The number of nitrogens with zero attached hydrogens (tertiary/aromatic N) is 4. The highest BCUT2D eigenvalue weighted by molar-refractivity contribution is 6.04. The number of hydrogen-bond acceptors (Lipinski definition) is 5. The Hall–Kier alpha value is -2.99. The van der Waals surface area contributed by atoms with E-state index in [1.165, 1.54) is 5.56 Å². The first kappa shape index (κ1) is 17.1. The molecule has 0 atom stereocenters. The summed E-state index contributed by atoms with van der Waals surface area (Å²) in [6.07, 6.45) is 9.72. The summed E-state index contributed by atoms with van der Waals surface area (Å²) in [6, 6.07) is 10.9. The van der Waals surface area contributed by atoms with Crippen LogP contribution < -0.4 is 5.32 Å². The summed E-state index contributed by atoms with van der Waals surface area (Å²) in [5.74, 6) is 0. The van der Waals surface area contributed by atoms with Crippen molar-refractivity contribution in [2.45, 2.75) is 31.7 Å². The van der Waals surface area contributed by atoms with Crippen LogP contribution in [0.1, 0.15) is 36.4 Å². The van der Waals surface area contributed by atoms with Crippen LogP contribution in [0.2, 0.25) is 0 Å². The number of fused-ring (bicyclic) bond motifs is 1. The Bertz CT molecular complexity index is 1020. The molecule has 0 unspecified atom stereocenters. The van der Waals surface area contributed by atoms with Gasteiger partial charge in [0.25, 0.3) is 0 Å². The van der Waals surface area contributed by atoms with Gasteiger partial charge in [0.1, 0.15) is 5.69 Å². The number of oxime groups is 1. The second-order valence-corrected chi connectivity index (χ2v) is 7.51. The molecule has 1 saturated heterocycles. The van der Waals surface area contributed by atoms with E-state index in [4.69, 9.17) is 5.10 Å². The molecule has 3 aromatic rings. The van der Waals surface area contributed by atoms with Crippen LogP contribution in [-0.4, -0.2) is 38.8 Å². The lowest BCUT2D eigenvalue weighted by molar-refractivity contribution is 0.318. The largest absolute Gasteiger partial charge is 0.411 e. The highest BCUT2D eigenvalue weighted by Crippen LogP contribution is 2.35. The van der Waals surface area contributed by atoms with Gasteiger partial charge in [-0.1, -0.05) is 23.4 Å². The second kappa shape index (κ2) is 7.20. The van der Waals surface area contributed by atoms with Crippen LogP contribution in [0.25, 0.3) is 22.4 Å². The minimum atomic E-state index is 0.429. The fourth-order valence-corrected chi connectivity index (χ4v) is 4.33. The molecule has 1 aliphatic carbocycles. The lowest BCUT2D eigenvalue weighted by Gasteiger charge is -2.22. The minimum Gasteiger partial charge on any atom is -0.411 e. The molecule has 0 spiro atoms. The smallest absolute Gasteiger partial charge is 0.100 e. The Kier molecular flexibility index (Phi) is 4.41. The molecule has 0 saturated carbocycles. The zero-order valence-corrected chi connectivity index (χ0v) is 15.7. The monoisotopic (exact) mass is 373 g/mol. The highest BCUT2D eigenvalue weighted by atomic mass is 16.4. The molecule has 5 rings (SSSR count). The van der Waals surface area contributed by atoms with Crippen molar-refractivity contribution in [3.8, 4) is 22.4 Å². The van der Waals surface area contributed by atoms with Crippen molar-refractivity contribution < 1.29 is 5.21 Å². The van der Waals surface area contributed by atoms with Crippen LogP contribution in [0, 0.1) is 0 Å². The maximum Gasteiger partial charge on any atom is 0.100 e. The van der Waals surface area contributed by atoms with Crippen molar-refractivity contribution in [2.75, 3.05) is 13.1 Å². The van der Waals surface area contributed by atoms with Gasteiger partial charge in [0.15, 0.2) is 0 Å². The Morgan fingerprint density at radius 1 is 1.00 bits per heavy atom. The molecule has 0 radical (unpaired) electrons. The molecule has 142 valence electrons. The number of hydrogen-bond donors (Lipinski definition) is 2. The number of aromatic nitrogens is 3. The lowest BCUT2D eigenvalue weighted by Crippen LogP contribution is -2.29. The van der Waals surface area contributed by atoms with Gasteiger partial charge in [0.05, 0.1) is 11.8 Å². The van der Waals surface area contributed by atoms with E-state index in [0.29, 0.717) is 6.04 Å². The topological polar surface area (TPSA) is 75.3 Å². The molecule has 2 N–H and O–H groups in total. The van der Waals surface area contributed by atoms with Gasteiger partial charge >= 0.3 is 0 Å². The summed E-state index contributed by atoms with van der Waals surface area (Å²) in [5.41, 5.74) is 7.45. The number of benzene rings is 1. The quantitative estimate of drug-likeness (QED) is 0.543. The van der Waals surface area contributed by atoms with Crippen LogP contribution in [0.3, 0.4) is 0 Å². The maximum absolute atomic E-state index is 9.20. The van der Waals surface area contributed by atoms with Gasteiger partial charge in [-0.25, -0.2) is 0 Å². The minimum absolute atomic E-state index is 0.429. The molecule has 1 fully saturated rings. The summed E-state index contributed by atoms with van der Waals surface area (Å²) >= 11 is 0. The average Bonchev–Trinajstić information content (AvgIpc) is 3.39. The summed E-state index contributed by atoms with van der Waals surface area (Å²) in [7, 11) is 0. The van der Waals surface area contributed by atoms with Crippen molar-refractivity contribution in [1.29, 1.82) is 0 Å². The number of nitrogens with one attached hydrogen (secondary N) is 1. The molecule has 1 aliphatic heterocycles. The number of piperidine rings is 1. The van der Waals surface area contributed by atoms with E-state index in [9.17, 15) is 5.21 Å². The van der Waals surface area contributed by atoms with Crippen molar-refractivity contribution in [1.82, 2.24) is 20.1 Å². The fourth-order valence-electron chi connectivity index (χ4n) is 4.33. The number of aryl methyl sites for hydroxylation is 1. The van der Waals surface area contributed by atoms with Gasteiger partial charge in [-0.2, -0.15) is 5.10 Å². The predicted octanol–water partition coefficient (Wildman–Crippen LogP) is 3.66. The summed E-state index contributed by atoms with van der Waals surface area (Å²) in [5, 5.41) is 21.1. The lowest BCUT2D eigenvalue weighted by atomic mass is 9.98. The Morgan fingerprint density at radius 3 is 2.61 bits per heavy atom. The van der Waals surface area contributed by atoms with E-state index in [1.807, 2.05) is 24.5 Å². The first-order valence-electron chi connectivity index (χ1n) is 9.88. The zero-order chi connectivity index (χ0) is 18.9. The molecular weight excluding hydrogens is 350 g/mol. The van der Waals surface area contributed by atoms with E-state index in [0.717, 1.165) is 72.4 Å². The summed E-state index contributed by atoms with van der Waals surface area (Å²) in [6.45, 7) is 2.07. The zero-order valence-electron chi connectivity index (χ0n) is 15.7. The Balaban J connectivity index is 1.61. The Labute approximate surface area is 163 Å². The van der Waals surface area contributed by atoms with Crippen LogP contribution in [0.5, 0.6) is 0 Å². The van der Waals surface area contributed by atoms with Gasteiger partial charge in [-0.3, -0.25) is 9.67 Å². The maximum atomic E-state index is 9.20. The fraction of sp³-hybridized carbons (Fsp3) is 0.318. The van der Waals surface area contributed by atoms with Gasteiger partial charge in [-0.15, -0.1) is 0 Å². The van der Waals surface area contributed by atoms with Gasteiger partial charge in [0.2, 0.25) is 0 Å². The second-order valence-electron chi connectivity index (χ2n) is 7.51. The van der Waals surface area contributed by atoms with Gasteiger partial charge < -0.3 is 10.5 Å². The van der Waals surface area contributed by atoms with E-state index < -0.39 is 0 Å². The van der Waals surface area contributed by atoms with E-state index >= 15 is 0 Å². The van der Waals surface area contributed by atoms with Crippen LogP contribution >= 0.6 is 0 Å². The van der Waals surface area contributed by atoms with E-state index in [-0.39, 0.29) is 0 Å². The van der Waals surface area contributed by atoms with Crippen molar-refractivity contribution in [3.05, 3.63) is 60.0 Å². The van der Waals surface area contributed by atoms with Gasteiger partial charge in [-0.05, 0) is 62.0 Å². The third-order valence-corrected chi connectivity index (χ3v) is 5.85. The van der Waals surface area contributed by atoms with Gasteiger partial charge in [0, 0.05) is 35.3 Å². The first-order chi connectivity index (χ1) is 13.8. The molecule has 0 bridgehead atoms. The molecule has 1 aromatic carbocycles. The normalized spacial score (nSPS) is 18.5. The van der Waals surface area contributed by atoms with Crippen molar-refractivity contribution in [3.63, 3.8) is 0 Å². The van der Waals surface area contributed by atoms with Crippen LogP contribution in [0.15, 0.2) is 54.1 Å². The number of rotatable bonds is 3. The molecule has 3 heterocycles. The molecule has 6 nitrogen and oxygen atoms in total. The standard InChI is InChI=1S/C22H23N5O/c28-26-21-4-2-16-13-17(1-3-19(16)21)20-14-27(18-7-11-24-12-8-18)25-22(20)15-5-9-23-10-6-15/h1,3,5-6,9-10,13-14,18,24,28H,2,4,7-8,11-12H2/b26-21+. The van der Waals surface area contributed by atoms with E-state index in [1.54, 1.807) is 0 Å². The third kappa shape index (κ3) is 2.99. The summed E-state index contributed by atoms with van der Waals surface area (Å²) < 4.78 is 2.15. The molecule has 2 aromatic heterocycles. The first-order valence-corrected chi connectivity index (χ1v) is 9.88. The van der Waals surface area contributed by atoms with Crippen molar-refractivity contribution in [2.24, 2.45) is 5.16 Å². The molecule has 0 amide bonds. The molecule has 2 aliphatic rings. The predicted molar refractivity (Wildman–Crippen MR) is 109 cm³/mol. The third-order valence-electron chi connectivity index (χ3n) is 5.85. The Morgan fingerprint density at radius 2 is 1.82 bits per heavy atom. The van der Waals surface area contributed by atoms with Crippen LogP contribution in [-0.2, 0) is 6.42 Å². The SMILES string of the molecule is O/N=C1\CCc2cc(-c3cn(C4CCNCC4)nc3-c3ccncc3)ccc21. The van der Waals surface area contributed by atoms with Crippen molar-refractivity contribution >= 4 is 5.71 Å².